The van der Waals surface area contributed by atoms with Crippen molar-refractivity contribution >= 4 is 23.4 Å². The van der Waals surface area contributed by atoms with E-state index in [1.54, 1.807) is 0 Å². The number of hydrogen-bond acceptors (Lipinski definition) is 6. The van der Waals surface area contributed by atoms with Gasteiger partial charge in [-0.15, -0.1) is 0 Å². The quantitative estimate of drug-likeness (QED) is 0.266. The lowest BCUT2D eigenvalue weighted by molar-refractivity contribution is -0.137. The van der Waals surface area contributed by atoms with Crippen LogP contribution >= 0.6 is 11.6 Å². The lowest BCUT2D eigenvalue weighted by atomic mass is 9.86. The Bertz CT molecular complexity index is 1340. The Kier molecular flexibility index (Phi) is 7.74. The fraction of sp³-hybridized carbons (Fsp3) is 0.481. The molecule has 0 unspecified atom stereocenters. The molecule has 38 heavy (non-hydrogen) atoms. The summed E-state index contributed by atoms with van der Waals surface area (Å²) in [6, 6.07) is 5.17. The molecule has 7 nitrogen and oxygen atoms in total. The molecule has 1 aliphatic rings. The van der Waals surface area contributed by atoms with Crippen LogP contribution in [0.4, 0.5) is 13.2 Å². The van der Waals surface area contributed by atoms with E-state index in [1.165, 1.54) is 32.9 Å². The molecule has 1 saturated carbocycles. The summed E-state index contributed by atoms with van der Waals surface area (Å²) < 4.78 is 54.5. The van der Waals surface area contributed by atoms with Crippen LogP contribution in [-0.2, 0) is 21.9 Å². The van der Waals surface area contributed by atoms with Gasteiger partial charge in [0.25, 0.3) is 0 Å². The number of carboxylic acid groups (broad SMARTS) is 1. The summed E-state index contributed by atoms with van der Waals surface area (Å²) >= 11 is 5.79. The van der Waals surface area contributed by atoms with Crippen LogP contribution in [0.1, 0.15) is 87.3 Å². The maximum Gasteiger partial charge on any atom is 0.312 e. The number of halogens is 4. The molecule has 1 N–H and O–H groups in total. The van der Waals surface area contributed by atoms with Gasteiger partial charge in [-0.3, -0.25) is 9.59 Å². The van der Waals surface area contributed by atoms with Gasteiger partial charge in [0.15, 0.2) is 11.5 Å². The van der Waals surface area contributed by atoms with E-state index >= 15 is 0 Å². The minimum Gasteiger partial charge on any atom is -0.481 e. The lowest BCUT2D eigenvalue weighted by Crippen LogP contribution is -2.30. The highest BCUT2D eigenvalue weighted by Crippen LogP contribution is 2.50. The van der Waals surface area contributed by atoms with E-state index in [0.29, 0.717) is 11.3 Å². The van der Waals surface area contributed by atoms with Gasteiger partial charge in [-0.1, -0.05) is 48.8 Å². The Morgan fingerprint density at radius 1 is 1.16 bits per heavy atom. The predicted octanol–water partition coefficient (Wildman–Crippen LogP) is 7.29. The molecule has 0 spiro atoms. The molecular formula is C27H28ClF3N2O5. The average molecular weight is 553 g/mol. The van der Waals surface area contributed by atoms with Gasteiger partial charge in [0.2, 0.25) is 5.76 Å². The number of carbonyl (C=O) groups is 2. The van der Waals surface area contributed by atoms with Crippen LogP contribution in [0.25, 0.3) is 11.5 Å². The monoisotopic (exact) mass is 552 g/mol. The number of aromatic nitrogens is 2. The zero-order valence-corrected chi connectivity index (χ0v) is 21.9. The van der Waals surface area contributed by atoms with Crippen LogP contribution in [-0.4, -0.2) is 27.2 Å². The van der Waals surface area contributed by atoms with Crippen LogP contribution in [0.15, 0.2) is 33.3 Å². The van der Waals surface area contributed by atoms with Crippen LogP contribution < -0.4 is 0 Å². The van der Waals surface area contributed by atoms with Gasteiger partial charge in [0.05, 0.1) is 5.69 Å². The Morgan fingerprint density at radius 3 is 2.47 bits per heavy atom. The topological polar surface area (TPSA) is 106 Å². The molecule has 11 heteroatoms. The van der Waals surface area contributed by atoms with Crippen LogP contribution in [0.5, 0.6) is 0 Å². The molecular weight excluding hydrogens is 525 g/mol. The van der Waals surface area contributed by atoms with Crippen molar-refractivity contribution in [1.29, 1.82) is 0 Å². The molecule has 0 aliphatic heterocycles. The number of Topliss-reactive ketones (excluding diaryl/α,β-unsaturated/α-hetero) is 1. The van der Waals surface area contributed by atoms with Crippen molar-refractivity contribution in [2.75, 3.05) is 0 Å². The van der Waals surface area contributed by atoms with Gasteiger partial charge >= 0.3 is 11.9 Å². The Balaban J connectivity index is 1.64. The van der Waals surface area contributed by atoms with E-state index in [2.05, 4.69) is 10.3 Å². The van der Waals surface area contributed by atoms with E-state index in [9.17, 15) is 27.9 Å². The summed E-state index contributed by atoms with van der Waals surface area (Å²) in [5.74, 6) is -6.34. The molecule has 1 fully saturated rings. The maximum atomic E-state index is 14.8. The standard InChI is InChI=1S/C27H28ClF3N2O5/c1-26(2,3)27(30,31)21-13-20(32-37-21)25-23(14-4-5-14)24(33-38-25)16(7-9-22(35)36)11-18(34)10-15-6-8-17(28)12-19(15)29/h6,8,12-14,16H,4-5,7,9-11H2,1-3H3,(H,35,36)/t16-/m1/s1. The molecule has 2 heterocycles. The second kappa shape index (κ2) is 10.6. The molecule has 1 aliphatic carbocycles. The fourth-order valence-corrected chi connectivity index (χ4v) is 4.47. The number of benzene rings is 1. The number of ketones is 1. The van der Waals surface area contributed by atoms with Crippen molar-refractivity contribution in [3.63, 3.8) is 0 Å². The number of hydrogen-bond donors (Lipinski definition) is 1. The van der Waals surface area contributed by atoms with Gasteiger partial charge in [-0.05, 0) is 42.9 Å². The van der Waals surface area contributed by atoms with Crippen molar-refractivity contribution in [2.24, 2.45) is 5.41 Å². The first-order chi connectivity index (χ1) is 17.8. The lowest BCUT2D eigenvalue weighted by Gasteiger charge is -2.27. The van der Waals surface area contributed by atoms with Crippen molar-refractivity contribution in [1.82, 2.24) is 10.3 Å². The molecule has 1 atom stereocenters. The summed E-state index contributed by atoms with van der Waals surface area (Å²) in [6.07, 6.45) is 1.13. The predicted molar refractivity (Wildman–Crippen MR) is 132 cm³/mol. The third-order valence-electron chi connectivity index (χ3n) is 6.71. The number of aliphatic carboxylic acids is 1. The Hall–Kier alpha value is -3.14. The maximum absolute atomic E-state index is 14.8. The molecule has 0 amide bonds. The summed E-state index contributed by atoms with van der Waals surface area (Å²) in [5.41, 5.74) is -0.182. The van der Waals surface area contributed by atoms with E-state index in [4.69, 9.17) is 20.6 Å². The number of nitrogens with zero attached hydrogens (tertiary/aromatic N) is 2. The minimum atomic E-state index is -3.30. The van der Waals surface area contributed by atoms with Crippen LogP contribution in [0.2, 0.25) is 5.02 Å². The van der Waals surface area contributed by atoms with Gasteiger partial charge in [0.1, 0.15) is 11.6 Å². The van der Waals surface area contributed by atoms with Gasteiger partial charge in [-0.2, -0.15) is 8.78 Å². The normalized spacial score (nSPS) is 15.0. The van der Waals surface area contributed by atoms with E-state index in [-0.39, 0.29) is 59.4 Å². The summed E-state index contributed by atoms with van der Waals surface area (Å²) in [6.45, 7) is 4.16. The van der Waals surface area contributed by atoms with Crippen molar-refractivity contribution < 1.29 is 36.9 Å². The second-order valence-corrected chi connectivity index (χ2v) is 11.2. The summed E-state index contributed by atoms with van der Waals surface area (Å²) in [5, 5.41) is 17.5. The molecule has 3 aromatic rings. The molecule has 204 valence electrons. The van der Waals surface area contributed by atoms with E-state index < -0.39 is 34.8 Å². The van der Waals surface area contributed by atoms with Crippen LogP contribution in [0.3, 0.4) is 0 Å². The summed E-state index contributed by atoms with van der Waals surface area (Å²) in [4.78, 5) is 24.3. The number of alkyl halides is 2. The van der Waals surface area contributed by atoms with Crippen molar-refractivity contribution in [2.45, 2.75) is 77.1 Å². The zero-order chi connectivity index (χ0) is 27.8. The molecule has 0 bridgehead atoms. The molecule has 1 aromatic carbocycles. The first kappa shape index (κ1) is 27.9. The smallest absolute Gasteiger partial charge is 0.312 e. The van der Waals surface area contributed by atoms with Gasteiger partial charge in [0, 0.05) is 47.2 Å². The van der Waals surface area contributed by atoms with E-state index in [1.807, 2.05) is 0 Å². The number of carboxylic acids is 1. The first-order valence-electron chi connectivity index (χ1n) is 12.3. The average Bonchev–Trinajstić information content (AvgIpc) is 3.35. The molecule has 0 saturated heterocycles. The highest BCUT2D eigenvalue weighted by Gasteiger charge is 2.49. The molecule has 4 rings (SSSR count). The third-order valence-corrected chi connectivity index (χ3v) is 6.94. The minimum absolute atomic E-state index is 0.00525. The van der Waals surface area contributed by atoms with Crippen LogP contribution in [0, 0.1) is 11.2 Å². The van der Waals surface area contributed by atoms with Gasteiger partial charge < -0.3 is 14.2 Å². The Morgan fingerprint density at radius 2 is 1.87 bits per heavy atom. The largest absolute Gasteiger partial charge is 0.481 e. The Labute approximate surface area is 222 Å². The van der Waals surface area contributed by atoms with E-state index in [0.717, 1.165) is 25.0 Å². The number of carbonyl (C=O) groups excluding carboxylic acids is 1. The summed E-state index contributed by atoms with van der Waals surface area (Å²) in [7, 11) is 0. The fourth-order valence-electron chi connectivity index (χ4n) is 4.31. The number of rotatable bonds is 11. The van der Waals surface area contributed by atoms with Crippen molar-refractivity contribution in [3.05, 3.63) is 57.7 Å². The molecule has 0 radical (unpaired) electrons. The third kappa shape index (κ3) is 5.95. The SMILES string of the molecule is CC(C)(C)C(F)(F)c1cc(-c2onc([C@H](CCC(=O)O)CC(=O)Cc3ccc(Cl)cc3F)c2C2CC2)no1. The first-order valence-corrected chi connectivity index (χ1v) is 12.7. The molecule has 2 aromatic heterocycles. The highest BCUT2D eigenvalue weighted by atomic mass is 35.5. The second-order valence-electron chi connectivity index (χ2n) is 10.8. The van der Waals surface area contributed by atoms with Crippen molar-refractivity contribution in [3.8, 4) is 11.5 Å². The highest BCUT2D eigenvalue weighted by molar-refractivity contribution is 6.30. The van der Waals surface area contributed by atoms with Gasteiger partial charge in [-0.25, -0.2) is 4.39 Å². The zero-order valence-electron chi connectivity index (χ0n) is 21.2.